The van der Waals surface area contributed by atoms with Crippen molar-refractivity contribution < 1.29 is 18.9 Å². The molecule has 0 bridgehead atoms. The minimum Gasteiger partial charge on any atom is -0.486 e. The zero-order valence-electron chi connectivity index (χ0n) is 11.3. The summed E-state index contributed by atoms with van der Waals surface area (Å²) < 4.78 is 21.7. The molecular formula is C14H21NO4. The Morgan fingerprint density at radius 2 is 2.05 bits per heavy atom. The van der Waals surface area contributed by atoms with Gasteiger partial charge in [-0.25, -0.2) is 0 Å². The number of methoxy groups -OCH3 is 1. The maximum atomic E-state index is 5.83. The third-order valence-electron chi connectivity index (χ3n) is 2.79. The lowest BCUT2D eigenvalue weighted by Crippen LogP contribution is -2.39. The highest BCUT2D eigenvalue weighted by molar-refractivity contribution is 5.40. The van der Waals surface area contributed by atoms with E-state index in [-0.39, 0.29) is 6.10 Å². The normalized spacial score (nSPS) is 17.4. The molecule has 0 fully saturated rings. The number of hydrogen-bond acceptors (Lipinski definition) is 5. The van der Waals surface area contributed by atoms with Crippen LogP contribution >= 0.6 is 0 Å². The predicted molar refractivity (Wildman–Crippen MR) is 71.9 cm³/mol. The predicted octanol–water partition coefficient (Wildman–Crippen LogP) is 1.08. The van der Waals surface area contributed by atoms with E-state index in [1.807, 2.05) is 24.3 Å². The Hall–Kier alpha value is -1.30. The molecule has 1 atom stereocenters. The van der Waals surface area contributed by atoms with Gasteiger partial charge in [-0.15, -0.1) is 0 Å². The molecule has 0 unspecified atom stereocenters. The molecular weight excluding hydrogens is 246 g/mol. The van der Waals surface area contributed by atoms with Gasteiger partial charge in [-0.3, -0.25) is 0 Å². The zero-order chi connectivity index (χ0) is 13.3. The molecule has 5 heteroatoms. The molecule has 0 saturated carbocycles. The molecule has 1 aromatic rings. The SMILES string of the molecule is COCCOCCNC[C@H]1COc2ccccc2O1. The molecule has 1 aromatic carbocycles. The summed E-state index contributed by atoms with van der Waals surface area (Å²) in [5.41, 5.74) is 0. The molecule has 2 rings (SSSR count). The van der Waals surface area contributed by atoms with Crippen molar-refractivity contribution in [1.82, 2.24) is 5.32 Å². The van der Waals surface area contributed by atoms with Gasteiger partial charge in [0.05, 0.1) is 19.8 Å². The lowest BCUT2D eigenvalue weighted by molar-refractivity contribution is 0.0662. The number of nitrogens with one attached hydrogen (secondary N) is 1. The van der Waals surface area contributed by atoms with Crippen molar-refractivity contribution >= 4 is 0 Å². The van der Waals surface area contributed by atoms with E-state index in [1.165, 1.54) is 0 Å². The van der Waals surface area contributed by atoms with Gasteiger partial charge in [0.15, 0.2) is 11.5 Å². The first-order valence-corrected chi connectivity index (χ1v) is 6.56. The van der Waals surface area contributed by atoms with Crippen molar-refractivity contribution in [2.45, 2.75) is 6.10 Å². The molecule has 0 saturated heterocycles. The lowest BCUT2D eigenvalue weighted by Gasteiger charge is -2.26. The number of hydrogen-bond donors (Lipinski definition) is 1. The molecule has 106 valence electrons. The minimum absolute atomic E-state index is 0.0499. The smallest absolute Gasteiger partial charge is 0.161 e. The standard InChI is InChI=1S/C14H21NO4/c1-16-8-9-17-7-6-15-10-12-11-18-13-4-2-3-5-14(13)19-12/h2-5,12,15H,6-11H2,1H3/t12-/m0/s1. The van der Waals surface area contributed by atoms with Crippen molar-refractivity contribution in [3.63, 3.8) is 0 Å². The van der Waals surface area contributed by atoms with E-state index in [9.17, 15) is 0 Å². The maximum absolute atomic E-state index is 5.83. The average Bonchev–Trinajstić information content (AvgIpc) is 2.46. The molecule has 0 aromatic heterocycles. The molecule has 1 N–H and O–H groups in total. The summed E-state index contributed by atoms with van der Waals surface area (Å²) >= 11 is 0. The van der Waals surface area contributed by atoms with Crippen LogP contribution in [0.1, 0.15) is 0 Å². The number of fused-ring (bicyclic) bond motifs is 1. The number of para-hydroxylation sites is 2. The second-order valence-corrected chi connectivity index (χ2v) is 4.31. The molecule has 0 spiro atoms. The first kappa shape index (κ1) is 14.1. The minimum atomic E-state index is 0.0499. The highest BCUT2D eigenvalue weighted by Crippen LogP contribution is 2.30. The van der Waals surface area contributed by atoms with Gasteiger partial charge in [-0.1, -0.05) is 12.1 Å². The van der Waals surface area contributed by atoms with Crippen molar-refractivity contribution in [2.24, 2.45) is 0 Å². The topological polar surface area (TPSA) is 49.0 Å². The van der Waals surface area contributed by atoms with Crippen LogP contribution in [0.25, 0.3) is 0 Å². The molecule has 1 aliphatic rings. The molecule has 0 aliphatic carbocycles. The van der Waals surface area contributed by atoms with Crippen molar-refractivity contribution in [3.05, 3.63) is 24.3 Å². The molecule has 1 aliphatic heterocycles. The quantitative estimate of drug-likeness (QED) is 0.714. The van der Waals surface area contributed by atoms with Gasteiger partial charge >= 0.3 is 0 Å². The van der Waals surface area contributed by atoms with Gasteiger partial charge in [-0.05, 0) is 12.1 Å². The number of benzene rings is 1. The number of rotatable bonds is 8. The van der Waals surface area contributed by atoms with Crippen LogP contribution < -0.4 is 14.8 Å². The highest BCUT2D eigenvalue weighted by atomic mass is 16.6. The van der Waals surface area contributed by atoms with E-state index in [1.54, 1.807) is 7.11 Å². The Balaban J connectivity index is 1.58. The van der Waals surface area contributed by atoms with Gasteiger partial charge in [0, 0.05) is 20.2 Å². The maximum Gasteiger partial charge on any atom is 0.161 e. The second kappa shape index (κ2) is 7.99. The van der Waals surface area contributed by atoms with E-state index in [0.717, 1.165) is 24.6 Å². The molecule has 0 radical (unpaired) electrons. The van der Waals surface area contributed by atoms with Gasteiger partial charge in [-0.2, -0.15) is 0 Å². The van der Waals surface area contributed by atoms with Crippen molar-refractivity contribution in [1.29, 1.82) is 0 Å². The Kier molecular flexibility index (Phi) is 5.94. The van der Waals surface area contributed by atoms with Gasteiger partial charge in [0.25, 0.3) is 0 Å². The Morgan fingerprint density at radius 3 is 2.89 bits per heavy atom. The van der Waals surface area contributed by atoms with Gasteiger partial charge in [0.2, 0.25) is 0 Å². The zero-order valence-corrected chi connectivity index (χ0v) is 11.3. The van der Waals surface area contributed by atoms with E-state index in [0.29, 0.717) is 26.4 Å². The van der Waals surface area contributed by atoms with Crippen LogP contribution in [-0.4, -0.2) is 52.7 Å². The van der Waals surface area contributed by atoms with Crippen LogP contribution in [0.3, 0.4) is 0 Å². The summed E-state index contributed by atoms with van der Waals surface area (Å²) in [5, 5.41) is 3.29. The van der Waals surface area contributed by atoms with E-state index in [2.05, 4.69) is 5.32 Å². The molecule has 19 heavy (non-hydrogen) atoms. The first-order chi connectivity index (χ1) is 9.40. The molecule has 1 heterocycles. The van der Waals surface area contributed by atoms with E-state index < -0.39 is 0 Å². The summed E-state index contributed by atoms with van der Waals surface area (Å²) in [5.74, 6) is 1.64. The van der Waals surface area contributed by atoms with E-state index in [4.69, 9.17) is 18.9 Å². The van der Waals surface area contributed by atoms with Crippen molar-refractivity contribution in [2.75, 3.05) is 46.6 Å². The van der Waals surface area contributed by atoms with Gasteiger partial charge < -0.3 is 24.3 Å². The fourth-order valence-corrected chi connectivity index (χ4v) is 1.82. The molecule has 0 amide bonds. The second-order valence-electron chi connectivity index (χ2n) is 4.31. The molecule has 5 nitrogen and oxygen atoms in total. The van der Waals surface area contributed by atoms with Crippen LogP contribution in [0.2, 0.25) is 0 Å². The van der Waals surface area contributed by atoms with Crippen LogP contribution in [0.4, 0.5) is 0 Å². The third-order valence-corrected chi connectivity index (χ3v) is 2.79. The highest BCUT2D eigenvalue weighted by Gasteiger charge is 2.19. The Bertz CT molecular complexity index is 372. The largest absolute Gasteiger partial charge is 0.486 e. The summed E-state index contributed by atoms with van der Waals surface area (Å²) in [4.78, 5) is 0. The monoisotopic (exact) mass is 267 g/mol. The van der Waals surface area contributed by atoms with Crippen LogP contribution in [0, 0.1) is 0 Å². The Morgan fingerprint density at radius 1 is 1.21 bits per heavy atom. The summed E-state index contributed by atoms with van der Waals surface area (Å²) in [6.07, 6.45) is 0.0499. The average molecular weight is 267 g/mol. The third kappa shape index (κ3) is 4.70. The lowest BCUT2D eigenvalue weighted by atomic mass is 10.2. The van der Waals surface area contributed by atoms with Crippen LogP contribution in [-0.2, 0) is 9.47 Å². The number of ether oxygens (including phenoxy) is 4. The summed E-state index contributed by atoms with van der Waals surface area (Å²) in [7, 11) is 1.67. The van der Waals surface area contributed by atoms with E-state index >= 15 is 0 Å². The Labute approximate surface area is 113 Å². The van der Waals surface area contributed by atoms with Gasteiger partial charge in [0.1, 0.15) is 12.7 Å². The first-order valence-electron chi connectivity index (χ1n) is 6.56. The van der Waals surface area contributed by atoms with Crippen LogP contribution in [0.15, 0.2) is 24.3 Å². The fourth-order valence-electron chi connectivity index (χ4n) is 1.82. The summed E-state index contributed by atoms with van der Waals surface area (Å²) in [6, 6.07) is 7.73. The van der Waals surface area contributed by atoms with Crippen LogP contribution in [0.5, 0.6) is 11.5 Å². The fraction of sp³-hybridized carbons (Fsp3) is 0.571. The van der Waals surface area contributed by atoms with Crippen molar-refractivity contribution in [3.8, 4) is 11.5 Å². The summed E-state index contributed by atoms with van der Waals surface area (Å²) in [6.45, 7) is 4.07.